The van der Waals surface area contributed by atoms with E-state index in [4.69, 9.17) is 10.5 Å². The number of rotatable bonds is 7. The lowest BCUT2D eigenvalue weighted by atomic mass is 9.89. The van der Waals surface area contributed by atoms with Crippen LogP contribution in [0.15, 0.2) is 24.3 Å². The number of nitrogens with two attached hydrogens (primary N) is 1. The fraction of sp³-hybridized carbons (Fsp3) is 0.625. The first-order valence-electron chi connectivity index (χ1n) is 7.41. The molecular weight excluding hydrogens is 236 g/mol. The van der Waals surface area contributed by atoms with Gasteiger partial charge in [0.2, 0.25) is 0 Å². The van der Waals surface area contributed by atoms with Crippen LogP contribution in [-0.4, -0.2) is 31.1 Å². The van der Waals surface area contributed by atoms with Gasteiger partial charge in [-0.05, 0) is 44.0 Å². The fourth-order valence-electron chi connectivity index (χ4n) is 2.62. The third-order valence-electron chi connectivity index (χ3n) is 4.08. The summed E-state index contributed by atoms with van der Waals surface area (Å²) in [5, 5.41) is 0. The van der Waals surface area contributed by atoms with Crippen LogP contribution in [-0.2, 0) is 0 Å². The Morgan fingerprint density at radius 1 is 1.42 bits per heavy atom. The Morgan fingerprint density at radius 2 is 2.21 bits per heavy atom. The first-order chi connectivity index (χ1) is 9.26. The molecule has 1 unspecified atom stereocenters. The summed E-state index contributed by atoms with van der Waals surface area (Å²) in [7, 11) is 2.20. The lowest BCUT2D eigenvalue weighted by molar-refractivity contribution is 0.113. The third kappa shape index (κ3) is 3.48. The van der Waals surface area contributed by atoms with Crippen LogP contribution in [0, 0.1) is 0 Å². The zero-order valence-corrected chi connectivity index (χ0v) is 12.1. The standard InChI is InChI=1S/C16H26N2O/c1-3-10-19-15-9-4-6-13(11-15)16(12-17)18(2)14-7-5-8-14/h4,6,9,11,14,16H,3,5,7-8,10,12,17H2,1-2H3. The van der Waals surface area contributed by atoms with Gasteiger partial charge in [0, 0.05) is 18.6 Å². The average Bonchev–Trinajstić information content (AvgIpc) is 2.36. The molecule has 0 amide bonds. The highest BCUT2D eigenvalue weighted by Crippen LogP contribution is 2.31. The van der Waals surface area contributed by atoms with Gasteiger partial charge in [0.05, 0.1) is 6.61 Å². The van der Waals surface area contributed by atoms with E-state index in [1.807, 2.05) is 6.07 Å². The number of nitrogens with zero attached hydrogens (tertiary/aromatic N) is 1. The van der Waals surface area contributed by atoms with Gasteiger partial charge in [0.25, 0.3) is 0 Å². The van der Waals surface area contributed by atoms with Crippen LogP contribution in [0.2, 0.25) is 0 Å². The van der Waals surface area contributed by atoms with Crippen molar-refractivity contribution in [3.05, 3.63) is 29.8 Å². The molecule has 106 valence electrons. The van der Waals surface area contributed by atoms with Crippen molar-refractivity contribution in [2.45, 2.75) is 44.7 Å². The summed E-state index contributed by atoms with van der Waals surface area (Å²) in [6.45, 7) is 3.55. The van der Waals surface area contributed by atoms with Crippen molar-refractivity contribution in [1.29, 1.82) is 0 Å². The molecule has 3 nitrogen and oxygen atoms in total. The molecule has 0 saturated heterocycles. The summed E-state index contributed by atoms with van der Waals surface area (Å²) >= 11 is 0. The predicted octanol–water partition coefficient (Wildman–Crippen LogP) is 2.96. The minimum absolute atomic E-state index is 0.301. The molecule has 1 atom stereocenters. The summed E-state index contributed by atoms with van der Waals surface area (Å²) in [4.78, 5) is 2.43. The van der Waals surface area contributed by atoms with E-state index in [2.05, 4.69) is 37.1 Å². The Bertz CT molecular complexity index is 390. The second-order valence-electron chi connectivity index (χ2n) is 5.42. The van der Waals surface area contributed by atoms with Crippen LogP contribution in [0.3, 0.4) is 0 Å². The van der Waals surface area contributed by atoms with E-state index < -0.39 is 0 Å². The molecule has 2 N–H and O–H groups in total. The van der Waals surface area contributed by atoms with Crippen LogP contribution >= 0.6 is 0 Å². The van der Waals surface area contributed by atoms with Gasteiger partial charge in [-0.2, -0.15) is 0 Å². The summed E-state index contributed by atoms with van der Waals surface area (Å²) in [5.41, 5.74) is 7.26. The van der Waals surface area contributed by atoms with E-state index in [9.17, 15) is 0 Å². The molecule has 0 aromatic heterocycles. The highest BCUT2D eigenvalue weighted by atomic mass is 16.5. The molecule has 0 bridgehead atoms. The zero-order chi connectivity index (χ0) is 13.7. The monoisotopic (exact) mass is 262 g/mol. The second kappa shape index (κ2) is 6.92. The number of hydrogen-bond donors (Lipinski definition) is 1. The van der Waals surface area contributed by atoms with E-state index in [0.717, 1.165) is 18.8 Å². The van der Waals surface area contributed by atoms with E-state index in [1.54, 1.807) is 0 Å². The summed E-state index contributed by atoms with van der Waals surface area (Å²) in [6, 6.07) is 9.39. The molecule has 0 heterocycles. The van der Waals surface area contributed by atoms with Gasteiger partial charge in [-0.3, -0.25) is 4.90 Å². The van der Waals surface area contributed by atoms with Gasteiger partial charge in [-0.1, -0.05) is 25.5 Å². The average molecular weight is 262 g/mol. The molecule has 1 saturated carbocycles. The smallest absolute Gasteiger partial charge is 0.119 e. The first-order valence-corrected chi connectivity index (χ1v) is 7.41. The van der Waals surface area contributed by atoms with E-state index >= 15 is 0 Å². The maximum absolute atomic E-state index is 5.99. The SMILES string of the molecule is CCCOc1cccc(C(CN)N(C)C2CCC2)c1. The van der Waals surface area contributed by atoms with Crippen LogP contribution < -0.4 is 10.5 Å². The minimum Gasteiger partial charge on any atom is -0.494 e. The highest BCUT2D eigenvalue weighted by Gasteiger charge is 2.27. The molecule has 0 aliphatic heterocycles. The van der Waals surface area contributed by atoms with Crippen molar-refractivity contribution in [2.24, 2.45) is 5.73 Å². The Hall–Kier alpha value is -1.06. The molecule has 1 aliphatic carbocycles. The zero-order valence-electron chi connectivity index (χ0n) is 12.1. The lowest BCUT2D eigenvalue weighted by Gasteiger charge is -2.39. The predicted molar refractivity (Wildman–Crippen MR) is 79.4 cm³/mol. The largest absolute Gasteiger partial charge is 0.494 e. The number of ether oxygens (including phenoxy) is 1. The molecule has 3 heteroatoms. The van der Waals surface area contributed by atoms with Crippen molar-refractivity contribution < 1.29 is 4.74 Å². The van der Waals surface area contributed by atoms with E-state index in [1.165, 1.54) is 24.8 Å². The maximum atomic E-state index is 5.99. The maximum Gasteiger partial charge on any atom is 0.119 e. The Labute approximate surface area is 116 Å². The molecule has 1 aromatic rings. The minimum atomic E-state index is 0.301. The Balaban J connectivity index is 2.08. The van der Waals surface area contributed by atoms with Crippen LogP contribution in [0.25, 0.3) is 0 Å². The molecular formula is C16H26N2O. The van der Waals surface area contributed by atoms with Crippen LogP contribution in [0.5, 0.6) is 5.75 Å². The first kappa shape index (κ1) is 14.4. The molecule has 0 radical (unpaired) electrons. The third-order valence-corrected chi connectivity index (χ3v) is 4.08. The van der Waals surface area contributed by atoms with Crippen molar-refractivity contribution in [3.63, 3.8) is 0 Å². The van der Waals surface area contributed by atoms with Crippen molar-refractivity contribution in [2.75, 3.05) is 20.2 Å². The molecule has 0 spiro atoms. The van der Waals surface area contributed by atoms with Gasteiger partial charge in [0.1, 0.15) is 5.75 Å². The Morgan fingerprint density at radius 3 is 2.79 bits per heavy atom. The fourth-order valence-corrected chi connectivity index (χ4v) is 2.62. The second-order valence-corrected chi connectivity index (χ2v) is 5.42. The van der Waals surface area contributed by atoms with Gasteiger partial charge in [-0.25, -0.2) is 0 Å². The number of hydrogen-bond acceptors (Lipinski definition) is 3. The summed E-state index contributed by atoms with van der Waals surface area (Å²) in [5.74, 6) is 0.958. The topological polar surface area (TPSA) is 38.5 Å². The molecule has 1 fully saturated rings. The Kier molecular flexibility index (Phi) is 5.23. The molecule has 19 heavy (non-hydrogen) atoms. The van der Waals surface area contributed by atoms with Crippen LogP contribution in [0.1, 0.15) is 44.2 Å². The normalized spacial score (nSPS) is 17.3. The van der Waals surface area contributed by atoms with Gasteiger partial charge < -0.3 is 10.5 Å². The van der Waals surface area contributed by atoms with E-state index in [-0.39, 0.29) is 0 Å². The summed E-state index contributed by atoms with van der Waals surface area (Å²) in [6.07, 6.45) is 5.00. The van der Waals surface area contributed by atoms with Gasteiger partial charge in [0.15, 0.2) is 0 Å². The highest BCUT2D eigenvalue weighted by molar-refractivity contribution is 5.31. The number of likely N-dealkylation sites (N-methyl/N-ethyl adjacent to an activating group) is 1. The van der Waals surface area contributed by atoms with Crippen LogP contribution in [0.4, 0.5) is 0 Å². The van der Waals surface area contributed by atoms with E-state index in [0.29, 0.717) is 18.6 Å². The molecule has 1 aromatic carbocycles. The van der Waals surface area contributed by atoms with Crippen molar-refractivity contribution in [1.82, 2.24) is 4.90 Å². The number of benzene rings is 1. The van der Waals surface area contributed by atoms with Gasteiger partial charge in [-0.15, -0.1) is 0 Å². The van der Waals surface area contributed by atoms with Crippen molar-refractivity contribution in [3.8, 4) is 5.75 Å². The van der Waals surface area contributed by atoms with Gasteiger partial charge >= 0.3 is 0 Å². The molecule has 2 rings (SSSR count). The quantitative estimate of drug-likeness (QED) is 0.821. The lowest BCUT2D eigenvalue weighted by Crippen LogP contribution is -2.42. The summed E-state index contributed by atoms with van der Waals surface area (Å²) < 4.78 is 5.71. The molecule has 1 aliphatic rings. The van der Waals surface area contributed by atoms with Crippen molar-refractivity contribution >= 4 is 0 Å².